The maximum Gasteiger partial charge on any atom is 0.319 e. The van der Waals surface area contributed by atoms with Crippen molar-refractivity contribution in [2.75, 3.05) is 18.5 Å². The molecule has 2 amide bonds. The molecule has 1 aromatic heterocycles. The molecule has 2 aromatic rings. The number of amides is 2. The van der Waals surface area contributed by atoms with E-state index in [0.29, 0.717) is 22.7 Å². The monoisotopic (exact) mass is 452 g/mol. The van der Waals surface area contributed by atoms with Crippen LogP contribution < -0.4 is 20.7 Å². The number of aromatic nitrogens is 1. The van der Waals surface area contributed by atoms with E-state index >= 15 is 0 Å². The van der Waals surface area contributed by atoms with Gasteiger partial charge in [-0.15, -0.1) is 0 Å². The summed E-state index contributed by atoms with van der Waals surface area (Å²) in [5, 5.41) is 19.0. The highest BCUT2D eigenvalue weighted by molar-refractivity contribution is 6.04. The van der Waals surface area contributed by atoms with Crippen LogP contribution in [0.5, 0.6) is 5.75 Å². The molecule has 1 atom stereocenters. The lowest BCUT2D eigenvalue weighted by Crippen LogP contribution is -2.38. The molecular weight excluding hydrogens is 420 g/mol. The van der Waals surface area contributed by atoms with Crippen LogP contribution >= 0.6 is 0 Å². The first-order valence-corrected chi connectivity index (χ1v) is 11.3. The van der Waals surface area contributed by atoms with E-state index in [2.05, 4.69) is 20.9 Å². The number of allylic oxidation sites excluding steroid dienone is 2. The molecule has 0 bridgehead atoms. The van der Waals surface area contributed by atoms with Crippen molar-refractivity contribution < 1.29 is 19.4 Å². The second-order valence-corrected chi connectivity index (χ2v) is 8.24. The molecule has 1 aliphatic rings. The van der Waals surface area contributed by atoms with Gasteiger partial charge in [-0.1, -0.05) is 19.3 Å². The minimum atomic E-state index is -0.763. The second-order valence-electron chi connectivity index (χ2n) is 8.24. The molecule has 0 saturated heterocycles. The van der Waals surface area contributed by atoms with Gasteiger partial charge in [-0.2, -0.15) is 0 Å². The van der Waals surface area contributed by atoms with Crippen LogP contribution in [0, 0.1) is 0 Å². The summed E-state index contributed by atoms with van der Waals surface area (Å²) in [6.07, 6.45) is 9.48. The van der Waals surface area contributed by atoms with Crippen molar-refractivity contribution in [3.8, 4) is 5.75 Å². The molecule has 1 aliphatic carbocycles. The summed E-state index contributed by atoms with van der Waals surface area (Å²) in [4.78, 5) is 28.2. The number of ether oxygens (including phenoxy) is 1. The molecule has 1 aromatic carbocycles. The topological polar surface area (TPSA) is 113 Å². The van der Waals surface area contributed by atoms with Gasteiger partial charge in [-0.3, -0.25) is 9.78 Å². The Hall–Kier alpha value is -3.39. The highest BCUT2D eigenvalue weighted by Crippen LogP contribution is 2.18. The van der Waals surface area contributed by atoms with Crippen LogP contribution in [0.15, 0.2) is 60.6 Å². The lowest BCUT2D eigenvalue weighted by atomic mass is 9.96. The molecule has 1 heterocycles. The number of benzene rings is 1. The molecule has 33 heavy (non-hydrogen) atoms. The lowest BCUT2D eigenvalue weighted by molar-refractivity contribution is 0.103. The third kappa shape index (κ3) is 8.57. The van der Waals surface area contributed by atoms with E-state index in [9.17, 15) is 14.7 Å². The summed E-state index contributed by atoms with van der Waals surface area (Å²) >= 11 is 0. The highest BCUT2D eigenvalue weighted by Gasteiger charge is 2.15. The SMILES string of the molecule is CC(=CC(=O)c1cccnc1)NCC(O)COc1ccc(NC(=O)NC2CCCCC2)cc1. The summed E-state index contributed by atoms with van der Waals surface area (Å²) in [7, 11) is 0. The van der Waals surface area contributed by atoms with Crippen molar-refractivity contribution in [2.24, 2.45) is 0 Å². The maximum absolute atomic E-state index is 12.1. The Morgan fingerprint density at radius 2 is 1.94 bits per heavy atom. The van der Waals surface area contributed by atoms with Gasteiger partial charge in [0, 0.05) is 48.0 Å². The van der Waals surface area contributed by atoms with E-state index in [1.165, 1.54) is 18.7 Å². The summed E-state index contributed by atoms with van der Waals surface area (Å²) in [6.45, 7) is 2.09. The number of nitrogens with zero attached hydrogens (tertiary/aromatic N) is 1. The number of carbonyl (C=O) groups is 2. The molecule has 3 rings (SSSR count). The molecule has 1 unspecified atom stereocenters. The second kappa shape index (κ2) is 12.6. The van der Waals surface area contributed by atoms with Gasteiger partial charge in [0.05, 0.1) is 0 Å². The van der Waals surface area contributed by atoms with E-state index in [0.717, 1.165) is 25.7 Å². The number of hydrogen-bond acceptors (Lipinski definition) is 6. The zero-order chi connectivity index (χ0) is 23.5. The van der Waals surface area contributed by atoms with Crippen LogP contribution in [0.3, 0.4) is 0 Å². The van der Waals surface area contributed by atoms with Gasteiger partial charge in [0.15, 0.2) is 5.78 Å². The van der Waals surface area contributed by atoms with Crippen molar-refractivity contribution in [3.05, 3.63) is 66.1 Å². The Labute approximate surface area is 194 Å². The predicted molar refractivity (Wildman–Crippen MR) is 127 cm³/mol. The first kappa shape index (κ1) is 24.3. The van der Waals surface area contributed by atoms with Crippen molar-refractivity contribution >= 4 is 17.5 Å². The third-order valence-electron chi connectivity index (χ3n) is 5.41. The quantitative estimate of drug-likeness (QED) is 0.323. The van der Waals surface area contributed by atoms with Crippen LogP contribution in [0.4, 0.5) is 10.5 Å². The van der Waals surface area contributed by atoms with Crippen LogP contribution in [0.2, 0.25) is 0 Å². The predicted octanol–water partition coefficient (Wildman–Crippen LogP) is 3.65. The molecule has 176 valence electrons. The molecule has 1 fully saturated rings. The van der Waals surface area contributed by atoms with Gasteiger partial charge in [0.25, 0.3) is 0 Å². The van der Waals surface area contributed by atoms with Gasteiger partial charge < -0.3 is 25.8 Å². The lowest BCUT2D eigenvalue weighted by Gasteiger charge is -2.22. The Morgan fingerprint density at radius 1 is 1.18 bits per heavy atom. The fraction of sp³-hybridized carbons (Fsp3) is 0.400. The third-order valence-corrected chi connectivity index (χ3v) is 5.41. The summed E-state index contributed by atoms with van der Waals surface area (Å²) < 4.78 is 5.62. The molecular formula is C25H32N4O4. The van der Waals surface area contributed by atoms with E-state index < -0.39 is 6.10 Å². The van der Waals surface area contributed by atoms with Crippen molar-refractivity contribution in [3.63, 3.8) is 0 Å². The number of pyridine rings is 1. The largest absolute Gasteiger partial charge is 0.491 e. The Kier molecular flexibility index (Phi) is 9.26. The van der Waals surface area contributed by atoms with Crippen molar-refractivity contribution in [1.29, 1.82) is 0 Å². The highest BCUT2D eigenvalue weighted by atomic mass is 16.5. The Morgan fingerprint density at radius 3 is 2.64 bits per heavy atom. The molecule has 8 nitrogen and oxygen atoms in total. The minimum Gasteiger partial charge on any atom is -0.491 e. The maximum atomic E-state index is 12.1. The fourth-order valence-corrected chi connectivity index (χ4v) is 3.60. The number of anilines is 1. The van der Waals surface area contributed by atoms with E-state index in [1.807, 2.05) is 0 Å². The van der Waals surface area contributed by atoms with E-state index in [4.69, 9.17) is 4.74 Å². The number of urea groups is 1. The van der Waals surface area contributed by atoms with Crippen LogP contribution in [0.25, 0.3) is 0 Å². The van der Waals surface area contributed by atoms with Gasteiger partial charge in [0.1, 0.15) is 18.5 Å². The standard InChI is InChI=1S/C25H32N4O4/c1-18(14-24(31)19-6-5-13-26-15-19)27-16-22(30)17-33-23-11-9-21(10-12-23)29-25(32)28-20-7-3-2-4-8-20/h5-6,9-15,20,22,27,30H,2-4,7-8,16-17H2,1H3,(H2,28,29,32). The number of ketones is 1. The van der Waals surface area contributed by atoms with E-state index in [1.54, 1.807) is 49.5 Å². The molecule has 4 N–H and O–H groups in total. The first-order valence-electron chi connectivity index (χ1n) is 11.3. The van der Waals surface area contributed by atoms with Gasteiger partial charge in [-0.05, 0) is 56.2 Å². The van der Waals surface area contributed by atoms with Crippen molar-refractivity contribution in [1.82, 2.24) is 15.6 Å². The fourth-order valence-electron chi connectivity index (χ4n) is 3.60. The summed E-state index contributed by atoms with van der Waals surface area (Å²) in [5.74, 6) is 0.436. The first-order chi connectivity index (χ1) is 16.0. The zero-order valence-corrected chi connectivity index (χ0v) is 18.9. The summed E-state index contributed by atoms with van der Waals surface area (Å²) in [6, 6.07) is 10.5. The molecule has 1 saturated carbocycles. The number of carbonyl (C=O) groups excluding carboxylic acids is 2. The van der Waals surface area contributed by atoms with Gasteiger partial charge >= 0.3 is 6.03 Å². The average Bonchev–Trinajstić information content (AvgIpc) is 2.83. The van der Waals surface area contributed by atoms with Gasteiger partial charge in [-0.25, -0.2) is 4.79 Å². The normalized spacial score (nSPS) is 15.4. The average molecular weight is 453 g/mol. The number of aliphatic hydroxyl groups is 1. The number of hydrogen-bond donors (Lipinski definition) is 4. The van der Waals surface area contributed by atoms with Gasteiger partial charge in [0.2, 0.25) is 0 Å². The van der Waals surface area contributed by atoms with Crippen LogP contribution in [0.1, 0.15) is 49.4 Å². The Bertz CT molecular complexity index is 925. The molecule has 8 heteroatoms. The molecule has 0 spiro atoms. The van der Waals surface area contributed by atoms with Crippen LogP contribution in [-0.4, -0.2) is 47.2 Å². The number of aliphatic hydroxyl groups excluding tert-OH is 1. The number of rotatable bonds is 10. The van der Waals surface area contributed by atoms with Crippen LogP contribution in [-0.2, 0) is 0 Å². The molecule has 0 aliphatic heterocycles. The smallest absolute Gasteiger partial charge is 0.319 e. The number of nitrogens with one attached hydrogen (secondary N) is 3. The minimum absolute atomic E-state index is 0.0891. The summed E-state index contributed by atoms with van der Waals surface area (Å²) in [5.41, 5.74) is 1.83. The zero-order valence-electron chi connectivity index (χ0n) is 18.9. The van der Waals surface area contributed by atoms with Crippen molar-refractivity contribution in [2.45, 2.75) is 51.2 Å². The Balaban J connectivity index is 1.36. The molecule has 0 radical (unpaired) electrons. The van der Waals surface area contributed by atoms with E-state index in [-0.39, 0.29) is 31.0 Å².